The van der Waals surface area contributed by atoms with E-state index in [-0.39, 0.29) is 30.5 Å². The number of nitrogens with zero attached hydrogens (tertiary/aromatic N) is 1. The van der Waals surface area contributed by atoms with Crippen LogP contribution in [0.25, 0.3) is 0 Å². The smallest absolute Gasteiger partial charge is 0.354 e. The van der Waals surface area contributed by atoms with Crippen LogP contribution in [0.4, 0.5) is 0 Å². The Labute approximate surface area is 174 Å². The Bertz CT molecular complexity index is 905. The van der Waals surface area contributed by atoms with Crippen molar-refractivity contribution in [3.8, 4) is 0 Å². The number of rotatable bonds is 8. The molecule has 156 valence electrons. The van der Waals surface area contributed by atoms with Crippen LogP contribution >= 0.6 is 11.6 Å². The fraction of sp³-hybridized carbons (Fsp3) is 0.381. The summed E-state index contributed by atoms with van der Waals surface area (Å²) >= 11 is 5.91. The van der Waals surface area contributed by atoms with E-state index in [1.165, 1.54) is 19.1 Å². The molecule has 7 nitrogen and oxygen atoms in total. The minimum Gasteiger partial charge on any atom is -0.464 e. The first kappa shape index (κ1) is 22.6. The third kappa shape index (κ3) is 4.86. The first-order valence-corrected chi connectivity index (χ1v) is 9.47. The molecule has 1 aromatic heterocycles. The van der Waals surface area contributed by atoms with Gasteiger partial charge in [0, 0.05) is 35.5 Å². The number of ether oxygens (including phenoxy) is 2. The average molecular weight is 421 g/mol. The summed E-state index contributed by atoms with van der Waals surface area (Å²) in [5.74, 6) is -1.13. The van der Waals surface area contributed by atoms with Crippen LogP contribution in [0.15, 0.2) is 24.3 Å². The molecule has 0 saturated carbocycles. The summed E-state index contributed by atoms with van der Waals surface area (Å²) in [7, 11) is 2.81. The number of hydrogen-bond donors (Lipinski definition) is 1. The summed E-state index contributed by atoms with van der Waals surface area (Å²) in [6.07, 6.45) is 0. The highest BCUT2D eigenvalue weighted by atomic mass is 35.5. The molecule has 2 aromatic rings. The molecule has 1 N–H and O–H groups in total. The van der Waals surface area contributed by atoms with Gasteiger partial charge >= 0.3 is 5.97 Å². The van der Waals surface area contributed by atoms with Gasteiger partial charge in [-0.3, -0.25) is 9.59 Å². The SMILES string of the molecule is COCCN(C(=O)c1ccc(Cl)cc1)C(C)C(=O)c1c(C)[nH]c(C(=O)OC)c1C. The number of aryl methyl sites for hydroxylation is 1. The van der Waals surface area contributed by atoms with E-state index in [2.05, 4.69) is 4.98 Å². The molecule has 0 saturated heterocycles. The van der Waals surface area contributed by atoms with Crippen molar-refractivity contribution in [2.75, 3.05) is 27.4 Å². The summed E-state index contributed by atoms with van der Waals surface area (Å²) in [5, 5.41) is 0.517. The highest BCUT2D eigenvalue weighted by Crippen LogP contribution is 2.23. The Morgan fingerprint density at radius 2 is 1.76 bits per heavy atom. The summed E-state index contributed by atoms with van der Waals surface area (Å²) in [5.41, 5.74) is 2.07. The van der Waals surface area contributed by atoms with E-state index in [1.807, 2.05) is 0 Å². The topological polar surface area (TPSA) is 88.7 Å². The number of methoxy groups -OCH3 is 2. The number of aromatic amines is 1. The van der Waals surface area contributed by atoms with Gasteiger partial charge in [0.2, 0.25) is 0 Å². The summed E-state index contributed by atoms with van der Waals surface area (Å²) < 4.78 is 9.88. The standard InChI is InChI=1S/C21H25ClN2O5/c1-12-17(13(2)23-18(12)21(27)29-5)19(25)14(3)24(10-11-28-4)20(26)15-6-8-16(22)9-7-15/h6-9,14,23H,10-11H2,1-5H3. The number of carbonyl (C=O) groups excluding carboxylic acids is 3. The predicted molar refractivity (Wildman–Crippen MR) is 110 cm³/mol. The Balaban J connectivity index is 2.38. The van der Waals surface area contributed by atoms with Crippen LogP contribution in [0.5, 0.6) is 0 Å². The number of aromatic nitrogens is 1. The maximum atomic E-state index is 13.3. The molecule has 1 aromatic carbocycles. The van der Waals surface area contributed by atoms with Gasteiger partial charge < -0.3 is 19.4 Å². The molecule has 0 radical (unpaired) electrons. The molecule has 0 fully saturated rings. The van der Waals surface area contributed by atoms with Crippen molar-refractivity contribution < 1.29 is 23.9 Å². The van der Waals surface area contributed by atoms with Crippen LogP contribution < -0.4 is 0 Å². The Kier molecular flexibility index (Phi) is 7.59. The maximum Gasteiger partial charge on any atom is 0.354 e. The normalized spacial score (nSPS) is 11.8. The van der Waals surface area contributed by atoms with Crippen molar-refractivity contribution >= 4 is 29.3 Å². The Hall–Kier alpha value is -2.64. The molecule has 8 heteroatoms. The van der Waals surface area contributed by atoms with E-state index in [0.29, 0.717) is 27.4 Å². The van der Waals surface area contributed by atoms with Crippen LogP contribution in [0.3, 0.4) is 0 Å². The largest absolute Gasteiger partial charge is 0.464 e. The van der Waals surface area contributed by atoms with Crippen molar-refractivity contribution in [2.45, 2.75) is 26.8 Å². The third-order valence-electron chi connectivity index (χ3n) is 4.81. The van der Waals surface area contributed by atoms with Crippen molar-refractivity contribution in [1.29, 1.82) is 0 Å². The summed E-state index contributed by atoms with van der Waals surface area (Å²) in [6, 6.07) is 5.71. The number of Topliss-reactive ketones (excluding diaryl/α,β-unsaturated/α-hetero) is 1. The van der Waals surface area contributed by atoms with E-state index in [9.17, 15) is 14.4 Å². The molecule has 1 amide bonds. The second kappa shape index (κ2) is 9.71. The molecule has 29 heavy (non-hydrogen) atoms. The number of hydrogen-bond acceptors (Lipinski definition) is 5. The van der Waals surface area contributed by atoms with E-state index in [4.69, 9.17) is 21.1 Å². The van der Waals surface area contributed by atoms with Crippen molar-refractivity contribution in [2.24, 2.45) is 0 Å². The summed E-state index contributed by atoms with van der Waals surface area (Å²) in [6.45, 7) is 5.55. The fourth-order valence-corrected chi connectivity index (χ4v) is 3.32. The van der Waals surface area contributed by atoms with Gasteiger partial charge in [0.15, 0.2) is 5.78 Å². The minimum atomic E-state index is -0.771. The number of ketones is 1. The third-order valence-corrected chi connectivity index (χ3v) is 5.06. The number of halogens is 1. The number of benzene rings is 1. The highest BCUT2D eigenvalue weighted by molar-refractivity contribution is 6.30. The zero-order valence-electron chi connectivity index (χ0n) is 17.2. The number of carbonyl (C=O) groups is 3. The molecule has 1 unspecified atom stereocenters. The number of amides is 1. The lowest BCUT2D eigenvalue weighted by atomic mass is 9.99. The van der Waals surface area contributed by atoms with Crippen molar-refractivity contribution in [1.82, 2.24) is 9.88 Å². The number of H-pyrrole nitrogens is 1. The van der Waals surface area contributed by atoms with Gasteiger partial charge in [0.05, 0.1) is 19.8 Å². The second-order valence-electron chi connectivity index (χ2n) is 6.66. The zero-order chi connectivity index (χ0) is 21.7. The first-order valence-electron chi connectivity index (χ1n) is 9.10. The lowest BCUT2D eigenvalue weighted by molar-refractivity contribution is 0.0563. The lowest BCUT2D eigenvalue weighted by Crippen LogP contribution is -2.45. The van der Waals surface area contributed by atoms with Gasteiger partial charge in [-0.1, -0.05) is 11.6 Å². The summed E-state index contributed by atoms with van der Waals surface area (Å²) in [4.78, 5) is 42.6. The van der Waals surface area contributed by atoms with Gasteiger partial charge in [0.25, 0.3) is 5.91 Å². The molecule has 0 aliphatic carbocycles. The molecule has 2 rings (SSSR count). The quantitative estimate of drug-likeness (QED) is 0.522. The van der Waals surface area contributed by atoms with Crippen LogP contribution in [-0.2, 0) is 9.47 Å². The predicted octanol–water partition coefficient (Wildman–Crippen LogP) is 3.43. The van der Waals surface area contributed by atoms with Gasteiger partial charge in [-0.05, 0) is 50.6 Å². The monoisotopic (exact) mass is 420 g/mol. The molecule has 0 spiro atoms. The Morgan fingerprint density at radius 3 is 2.31 bits per heavy atom. The first-order chi connectivity index (χ1) is 13.7. The zero-order valence-corrected chi connectivity index (χ0v) is 17.9. The van der Waals surface area contributed by atoms with E-state index >= 15 is 0 Å². The van der Waals surface area contributed by atoms with E-state index in [1.54, 1.807) is 45.0 Å². The molecular formula is C21H25ClN2O5. The van der Waals surface area contributed by atoms with Crippen LogP contribution in [-0.4, -0.2) is 61.0 Å². The Morgan fingerprint density at radius 1 is 1.14 bits per heavy atom. The van der Waals surface area contributed by atoms with Crippen LogP contribution in [0.2, 0.25) is 5.02 Å². The average Bonchev–Trinajstić information content (AvgIpc) is 3.01. The molecule has 0 aliphatic rings. The molecule has 0 bridgehead atoms. The van der Waals surface area contributed by atoms with Crippen LogP contribution in [0, 0.1) is 13.8 Å². The minimum absolute atomic E-state index is 0.230. The maximum absolute atomic E-state index is 13.3. The molecule has 1 heterocycles. The molecular weight excluding hydrogens is 396 g/mol. The van der Waals surface area contributed by atoms with Crippen molar-refractivity contribution in [3.63, 3.8) is 0 Å². The van der Waals surface area contributed by atoms with Gasteiger partial charge in [-0.2, -0.15) is 0 Å². The van der Waals surface area contributed by atoms with E-state index < -0.39 is 12.0 Å². The highest BCUT2D eigenvalue weighted by Gasteiger charge is 2.31. The number of esters is 1. The second-order valence-corrected chi connectivity index (χ2v) is 7.09. The number of nitrogens with one attached hydrogen (secondary N) is 1. The van der Waals surface area contributed by atoms with Gasteiger partial charge in [-0.25, -0.2) is 4.79 Å². The van der Waals surface area contributed by atoms with Crippen LogP contribution in [0.1, 0.15) is 49.4 Å². The van der Waals surface area contributed by atoms with Gasteiger partial charge in [0.1, 0.15) is 5.69 Å². The lowest BCUT2D eigenvalue weighted by Gasteiger charge is -2.28. The molecule has 1 atom stereocenters. The van der Waals surface area contributed by atoms with E-state index in [0.717, 1.165) is 0 Å². The molecule has 0 aliphatic heterocycles. The fourth-order valence-electron chi connectivity index (χ4n) is 3.20. The van der Waals surface area contributed by atoms with Crippen molar-refractivity contribution in [3.05, 3.63) is 57.4 Å². The van der Waals surface area contributed by atoms with Gasteiger partial charge in [-0.15, -0.1) is 0 Å².